The van der Waals surface area contributed by atoms with Gasteiger partial charge < -0.3 is 19.5 Å². The number of rotatable bonds is 8. The number of methoxy groups -OCH3 is 1. The van der Waals surface area contributed by atoms with Crippen LogP contribution in [0.25, 0.3) is 0 Å². The quantitative estimate of drug-likeness (QED) is 0.649. The summed E-state index contributed by atoms with van der Waals surface area (Å²) in [6, 6.07) is 13.9. The number of carbonyl (C=O) groups is 2. The summed E-state index contributed by atoms with van der Waals surface area (Å²) in [6.45, 7) is 6.25. The van der Waals surface area contributed by atoms with Gasteiger partial charge in [-0.15, -0.1) is 0 Å². The van der Waals surface area contributed by atoms with Gasteiger partial charge in [0.05, 0.1) is 31.0 Å². The molecule has 1 aliphatic heterocycles. The lowest BCUT2D eigenvalue weighted by atomic mass is 9.94. The number of hydrogen-bond acceptors (Lipinski definition) is 5. The highest BCUT2D eigenvalue weighted by molar-refractivity contribution is 5.95. The van der Waals surface area contributed by atoms with E-state index >= 15 is 0 Å². The third kappa shape index (κ3) is 4.99. The van der Waals surface area contributed by atoms with E-state index in [4.69, 9.17) is 14.2 Å². The van der Waals surface area contributed by atoms with Crippen molar-refractivity contribution in [1.82, 2.24) is 10.2 Å². The molecule has 0 fully saturated rings. The Morgan fingerprint density at radius 3 is 2.48 bits per heavy atom. The first-order valence-electron chi connectivity index (χ1n) is 10.3. The van der Waals surface area contributed by atoms with Crippen LogP contribution in [0.4, 0.5) is 4.79 Å². The number of carbonyl (C=O) groups excluding carboxylic acids is 2. The van der Waals surface area contributed by atoms with E-state index in [0.717, 1.165) is 11.1 Å². The second-order valence-electron chi connectivity index (χ2n) is 7.09. The molecule has 0 saturated heterocycles. The molecule has 7 heteroatoms. The first-order chi connectivity index (χ1) is 15.0. The molecule has 0 aromatic heterocycles. The number of likely N-dealkylation sites (N-methyl/N-ethyl adjacent to an activating group) is 1. The lowest BCUT2D eigenvalue weighted by molar-refractivity contribution is -0.139. The Balaban J connectivity index is 2.06. The fourth-order valence-corrected chi connectivity index (χ4v) is 3.50. The molecule has 1 heterocycles. The van der Waals surface area contributed by atoms with Gasteiger partial charge in [0.25, 0.3) is 0 Å². The third-order valence-corrected chi connectivity index (χ3v) is 5.07. The monoisotopic (exact) mass is 424 g/mol. The van der Waals surface area contributed by atoms with Crippen LogP contribution in [0.1, 0.15) is 31.0 Å². The first-order valence-corrected chi connectivity index (χ1v) is 10.3. The van der Waals surface area contributed by atoms with Crippen molar-refractivity contribution in [3.63, 3.8) is 0 Å². The van der Waals surface area contributed by atoms with Gasteiger partial charge in [0, 0.05) is 6.54 Å². The molecule has 0 aliphatic carbocycles. The second-order valence-corrected chi connectivity index (χ2v) is 7.09. The van der Waals surface area contributed by atoms with Crippen molar-refractivity contribution >= 4 is 12.0 Å². The molecule has 31 heavy (non-hydrogen) atoms. The Morgan fingerprint density at radius 2 is 1.84 bits per heavy atom. The maximum Gasteiger partial charge on any atom is 0.338 e. The molecule has 3 rings (SSSR count). The van der Waals surface area contributed by atoms with Gasteiger partial charge in [-0.25, -0.2) is 9.59 Å². The summed E-state index contributed by atoms with van der Waals surface area (Å²) in [5.74, 6) is 0.794. The lowest BCUT2D eigenvalue weighted by Gasteiger charge is -2.36. The van der Waals surface area contributed by atoms with E-state index in [1.54, 1.807) is 20.1 Å². The summed E-state index contributed by atoms with van der Waals surface area (Å²) >= 11 is 0. The van der Waals surface area contributed by atoms with E-state index in [1.165, 1.54) is 4.90 Å². The number of urea groups is 1. The highest BCUT2D eigenvalue weighted by Gasteiger charge is 2.38. The molecule has 0 unspecified atom stereocenters. The van der Waals surface area contributed by atoms with Crippen molar-refractivity contribution in [2.24, 2.45) is 0 Å². The normalized spacial score (nSPS) is 16.1. The lowest BCUT2D eigenvalue weighted by Crippen LogP contribution is -2.49. The molecule has 0 bridgehead atoms. The average molecular weight is 424 g/mol. The van der Waals surface area contributed by atoms with E-state index < -0.39 is 12.0 Å². The number of hydrogen-bond donors (Lipinski definition) is 1. The number of aryl methyl sites for hydroxylation is 1. The van der Waals surface area contributed by atoms with Crippen LogP contribution in [0.2, 0.25) is 0 Å². The van der Waals surface area contributed by atoms with E-state index in [1.807, 2.05) is 56.3 Å². The van der Waals surface area contributed by atoms with Gasteiger partial charge in [0.1, 0.15) is 18.1 Å². The molecule has 2 amide bonds. The van der Waals surface area contributed by atoms with Crippen molar-refractivity contribution in [3.8, 4) is 11.5 Å². The fourth-order valence-electron chi connectivity index (χ4n) is 3.50. The van der Waals surface area contributed by atoms with Crippen molar-refractivity contribution < 1.29 is 23.8 Å². The first kappa shape index (κ1) is 22.2. The predicted octanol–water partition coefficient (Wildman–Crippen LogP) is 3.99. The number of amides is 2. The van der Waals surface area contributed by atoms with E-state index in [2.05, 4.69) is 5.32 Å². The van der Waals surface area contributed by atoms with E-state index in [0.29, 0.717) is 29.3 Å². The van der Waals surface area contributed by atoms with Gasteiger partial charge in [0.2, 0.25) is 0 Å². The molecule has 164 valence electrons. The molecule has 0 spiro atoms. The Labute approximate surface area is 182 Å². The van der Waals surface area contributed by atoms with Crippen LogP contribution >= 0.6 is 0 Å². The zero-order valence-corrected chi connectivity index (χ0v) is 18.3. The van der Waals surface area contributed by atoms with Gasteiger partial charge >= 0.3 is 12.0 Å². The molecule has 2 aromatic rings. The summed E-state index contributed by atoms with van der Waals surface area (Å²) in [4.78, 5) is 27.4. The second kappa shape index (κ2) is 10.0. The van der Waals surface area contributed by atoms with Crippen LogP contribution in [0.3, 0.4) is 0 Å². The highest BCUT2D eigenvalue weighted by Crippen LogP contribution is 2.33. The minimum Gasteiger partial charge on any atom is -0.497 e. The average Bonchev–Trinajstić information content (AvgIpc) is 2.78. The molecule has 2 aromatic carbocycles. The topological polar surface area (TPSA) is 77.1 Å². The number of esters is 1. The number of ether oxygens (including phenoxy) is 3. The summed E-state index contributed by atoms with van der Waals surface area (Å²) in [5, 5.41) is 2.93. The van der Waals surface area contributed by atoms with Crippen molar-refractivity contribution in [1.29, 1.82) is 0 Å². The maximum atomic E-state index is 13.0. The molecule has 1 atom stereocenters. The molecule has 0 saturated carbocycles. The minimum absolute atomic E-state index is 0.0545. The largest absolute Gasteiger partial charge is 0.497 e. The Kier molecular flexibility index (Phi) is 7.18. The van der Waals surface area contributed by atoms with Crippen LogP contribution in [0.15, 0.2) is 59.8 Å². The van der Waals surface area contributed by atoms with Gasteiger partial charge in [-0.2, -0.15) is 0 Å². The van der Waals surface area contributed by atoms with Gasteiger partial charge in [-0.1, -0.05) is 29.8 Å². The summed E-state index contributed by atoms with van der Waals surface area (Å²) in [5.41, 5.74) is 2.67. The number of nitrogens with one attached hydrogen (secondary N) is 1. The van der Waals surface area contributed by atoms with Gasteiger partial charge in [-0.3, -0.25) is 4.90 Å². The zero-order chi connectivity index (χ0) is 22.4. The Morgan fingerprint density at radius 1 is 1.10 bits per heavy atom. The fraction of sp³-hybridized carbons (Fsp3) is 0.333. The van der Waals surface area contributed by atoms with Crippen LogP contribution in [0.5, 0.6) is 11.5 Å². The predicted molar refractivity (Wildman–Crippen MR) is 117 cm³/mol. The number of benzene rings is 2. The van der Waals surface area contributed by atoms with Gasteiger partial charge in [-0.05, 0) is 50.6 Å². The van der Waals surface area contributed by atoms with Gasteiger partial charge in [0.15, 0.2) is 0 Å². The molecular formula is C24H28N2O5. The Hall–Kier alpha value is -3.48. The summed E-state index contributed by atoms with van der Waals surface area (Å²) in [7, 11) is 1.57. The van der Waals surface area contributed by atoms with Crippen molar-refractivity contribution in [2.45, 2.75) is 26.8 Å². The van der Waals surface area contributed by atoms with E-state index in [-0.39, 0.29) is 19.2 Å². The van der Waals surface area contributed by atoms with E-state index in [9.17, 15) is 9.59 Å². The SMILES string of the molecule is CCOC(=O)C1=C(COc2ccc(C)cc2)N(CC)C(=O)N[C@H]1c1cccc(OC)c1. The summed E-state index contributed by atoms with van der Waals surface area (Å²) < 4.78 is 16.6. The maximum absolute atomic E-state index is 13.0. The van der Waals surface area contributed by atoms with Crippen LogP contribution in [0, 0.1) is 6.92 Å². The standard InChI is InChI=1S/C24H28N2O5/c1-5-26-20(15-31-18-12-10-16(3)11-13-18)21(23(27)30-6-2)22(25-24(26)28)17-8-7-9-19(14-17)29-4/h7-14,22H,5-6,15H2,1-4H3,(H,25,28)/t22-/m0/s1. The third-order valence-electron chi connectivity index (χ3n) is 5.07. The van der Waals surface area contributed by atoms with Crippen molar-refractivity contribution in [3.05, 3.63) is 70.9 Å². The zero-order valence-electron chi connectivity index (χ0n) is 18.3. The van der Waals surface area contributed by atoms with Crippen LogP contribution in [-0.2, 0) is 9.53 Å². The number of nitrogens with zero attached hydrogens (tertiary/aromatic N) is 1. The van der Waals surface area contributed by atoms with Crippen LogP contribution < -0.4 is 14.8 Å². The molecular weight excluding hydrogens is 396 g/mol. The molecule has 7 nitrogen and oxygen atoms in total. The smallest absolute Gasteiger partial charge is 0.338 e. The Bertz CT molecular complexity index is 968. The minimum atomic E-state index is -0.680. The van der Waals surface area contributed by atoms with Crippen molar-refractivity contribution in [2.75, 3.05) is 26.9 Å². The molecule has 1 aliphatic rings. The molecule has 0 radical (unpaired) electrons. The molecule has 1 N–H and O–H groups in total. The highest BCUT2D eigenvalue weighted by atomic mass is 16.5. The van der Waals surface area contributed by atoms with Crippen LogP contribution in [-0.4, -0.2) is 43.8 Å². The summed E-state index contributed by atoms with van der Waals surface area (Å²) in [6.07, 6.45) is 0.